The summed E-state index contributed by atoms with van der Waals surface area (Å²) in [4.78, 5) is 25.1. The molecule has 7 heteroatoms. The number of nitrogens with zero attached hydrogens (tertiary/aromatic N) is 1. The lowest BCUT2D eigenvalue weighted by atomic mass is 10.1. The first-order valence-electron chi connectivity index (χ1n) is 8.10. The van der Waals surface area contributed by atoms with Crippen molar-refractivity contribution in [2.45, 2.75) is 19.8 Å². The molecule has 0 bridgehead atoms. The van der Waals surface area contributed by atoms with E-state index >= 15 is 0 Å². The maximum atomic E-state index is 13.6. The lowest BCUT2D eigenvalue weighted by Crippen LogP contribution is -2.33. The van der Waals surface area contributed by atoms with Crippen molar-refractivity contribution in [3.63, 3.8) is 0 Å². The molecule has 0 aromatic heterocycles. The summed E-state index contributed by atoms with van der Waals surface area (Å²) in [6, 6.07) is 9.34. The third-order valence-electron chi connectivity index (χ3n) is 3.87. The lowest BCUT2D eigenvalue weighted by Gasteiger charge is -2.21. The fourth-order valence-corrected chi connectivity index (χ4v) is 2.42. The number of nitrogens with one attached hydrogen (secondary N) is 1. The van der Waals surface area contributed by atoms with Gasteiger partial charge in [0.05, 0.1) is 0 Å². The van der Waals surface area contributed by atoms with E-state index in [1.807, 2.05) is 0 Å². The Morgan fingerprint density at radius 2 is 1.69 bits per heavy atom. The Morgan fingerprint density at radius 3 is 2.35 bits per heavy atom. The molecule has 2 amide bonds. The van der Waals surface area contributed by atoms with Crippen LogP contribution in [0.15, 0.2) is 42.5 Å². The van der Waals surface area contributed by atoms with E-state index in [-0.39, 0.29) is 36.9 Å². The van der Waals surface area contributed by atoms with Gasteiger partial charge in [0.2, 0.25) is 11.8 Å². The van der Waals surface area contributed by atoms with Gasteiger partial charge in [-0.15, -0.1) is 0 Å². The second kappa shape index (κ2) is 9.03. The van der Waals surface area contributed by atoms with E-state index in [0.29, 0.717) is 12.0 Å². The topological polar surface area (TPSA) is 49.4 Å². The summed E-state index contributed by atoms with van der Waals surface area (Å²) < 4.78 is 39.6. The van der Waals surface area contributed by atoms with Gasteiger partial charge in [-0.1, -0.05) is 18.2 Å². The zero-order valence-electron chi connectivity index (χ0n) is 14.3. The largest absolute Gasteiger partial charge is 0.342 e. The molecule has 0 saturated heterocycles. The first-order chi connectivity index (χ1) is 12.4. The molecule has 0 saturated carbocycles. The van der Waals surface area contributed by atoms with Gasteiger partial charge >= 0.3 is 0 Å². The van der Waals surface area contributed by atoms with Crippen LogP contribution in [0, 0.1) is 17.5 Å². The molecular formula is C19H19F3N2O2. The van der Waals surface area contributed by atoms with Crippen molar-refractivity contribution < 1.29 is 22.8 Å². The summed E-state index contributed by atoms with van der Waals surface area (Å²) in [7, 11) is 0. The van der Waals surface area contributed by atoms with Gasteiger partial charge in [0, 0.05) is 38.2 Å². The van der Waals surface area contributed by atoms with Gasteiger partial charge < -0.3 is 10.2 Å². The summed E-state index contributed by atoms with van der Waals surface area (Å²) in [5.41, 5.74) is 0.625. The highest BCUT2D eigenvalue weighted by Crippen LogP contribution is 2.13. The van der Waals surface area contributed by atoms with Crippen molar-refractivity contribution in [2.75, 3.05) is 18.4 Å². The highest BCUT2D eigenvalue weighted by Gasteiger charge is 2.13. The van der Waals surface area contributed by atoms with Crippen molar-refractivity contribution in [3.05, 3.63) is 65.5 Å². The number of halogens is 3. The normalized spacial score (nSPS) is 10.5. The second-order valence-electron chi connectivity index (χ2n) is 5.77. The molecule has 0 atom stereocenters. The molecule has 1 N–H and O–H groups in total. The van der Waals surface area contributed by atoms with Crippen LogP contribution in [0.25, 0.3) is 0 Å². The Kier molecular flexibility index (Phi) is 6.77. The van der Waals surface area contributed by atoms with E-state index in [1.54, 1.807) is 18.2 Å². The number of carbonyl (C=O) groups is 2. The summed E-state index contributed by atoms with van der Waals surface area (Å²) in [6.45, 7) is 1.78. The monoisotopic (exact) mass is 364 g/mol. The van der Waals surface area contributed by atoms with Crippen molar-refractivity contribution in [1.29, 1.82) is 0 Å². The van der Waals surface area contributed by atoms with Gasteiger partial charge in [-0.25, -0.2) is 13.2 Å². The molecule has 0 aliphatic carbocycles. The minimum Gasteiger partial charge on any atom is -0.342 e. The maximum Gasteiger partial charge on any atom is 0.226 e. The average molecular weight is 364 g/mol. The molecule has 2 rings (SSSR count). The minimum atomic E-state index is -1.06. The number of hydrogen-bond acceptors (Lipinski definition) is 2. The third kappa shape index (κ3) is 5.61. The molecule has 0 spiro atoms. The molecular weight excluding hydrogens is 345 g/mol. The van der Waals surface area contributed by atoms with Crippen molar-refractivity contribution >= 4 is 17.5 Å². The van der Waals surface area contributed by atoms with Gasteiger partial charge in [0.1, 0.15) is 5.82 Å². The van der Waals surface area contributed by atoms with Gasteiger partial charge in [-0.3, -0.25) is 9.59 Å². The smallest absolute Gasteiger partial charge is 0.226 e. The molecule has 0 radical (unpaired) electrons. The molecule has 0 heterocycles. The molecule has 26 heavy (non-hydrogen) atoms. The summed E-state index contributed by atoms with van der Waals surface area (Å²) >= 11 is 0. The predicted molar refractivity (Wildman–Crippen MR) is 92.0 cm³/mol. The van der Waals surface area contributed by atoms with E-state index in [2.05, 4.69) is 5.32 Å². The van der Waals surface area contributed by atoms with Crippen molar-refractivity contribution in [3.8, 4) is 0 Å². The minimum absolute atomic E-state index is 0.0180. The molecule has 0 unspecified atom stereocenters. The highest BCUT2D eigenvalue weighted by molar-refractivity contribution is 5.91. The zero-order chi connectivity index (χ0) is 19.1. The van der Waals surface area contributed by atoms with Crippen LogP contribution in [0.5, 0.6) is 0 Å². The SMILES string of the molecule is CC(=O)N(CCC(=O)Nc1ccc(F)c(F)c1)CCc1ccccc1F. The third-order valence-corrected chi connectivity index (χ3v) is 3.87. The summed E-state index contributed by atoms with van der Waals surface area (Å²) in [5, 5.41) is 2.44. The number of hydrogen-bond donors (Lipinski definition) is 1. The van der Waals surface area contributed by atoms with Crippen molar-refractivity contribution in [2.24, 2.45) is 0 Å². The molecule has 0 aliphatic rings. The second-order valence-corrected chi connectivity index (χ2v) is 5.77. The van der Waals surface area contributed by atoms with E-state index < -0.39 is 17.5 Å². The van der Waals surface area contributed by atoms with Crippen LogP contribution in [0.3, 0.4) is 0 Å². The van der Waals surface area contributed by atoms with Crippen LogP contribution in [0.2, 0.25) is 0 Å². The van der Waals surface area contributed by atoms with E-state index in [4.69, 9.17) is 0 Å². The van der Waals surface area contributed by atoms with Gasteiger partial charge in [-0.2, -0.15) is 0 Å². The molecule has 4 nitrogen and oxygen atoms in total. The van der Waals surface area contributed by atoms with E-state index in [1.165, 1.54) is 24.0 Å². The number of amides is 2. The zero-order valence-corrected chi connectivity index (χ0v) is 14.3. The Hall–Kier alpha value is -2.83. The van der Waals surface area contributed by atoms with Crippen LogP contribution in [-0.2, 0) is 16.0 Å². The number of benzene rings is 2. The summed E-state index contributed by atoms with van der Waals surface area (Å²) in [6.07, 6.45) is 0.312. The van der Waals surface area contributed by atoms with Gasteiger partial charge in [0.15, 0.2) is 11.6 Å². The van der Waals surface area contributed by atoms with E-state index in [9.17, 15) is 22.8 Å². The molecule has 138 valence electrons. The Balaban J connectivity index is 1.87. The standard InChI is InChI=1S/C19H19F3N2O2/c1-13(25)24(10-8-14-4-2-3-5-16(14)20)11-9-19(26)23-15-6-7-17(21)18(22)12-15/h2-7,12H,8-11H2,1H3,(H,23,26). The number of anilines is 1. The quantitative estimate of drug-likeness (QED) is 0.817. The Bertz CT molecular complexity index is 796. The predicted octanol–water partition coefficient (Wildman–Crippen LogP) is 3.52. The number of carbonyl (C=O) groups excluding carboxylic acids is 2. The molecule has 2 aromatic carbocycles. The Morgan fingerprint density at radius 1 is 0.962 bits per heavy atom. The fraction of sp³-hybridized carbons (Fsp3) is 0.263. The molecule has 0 fully saturated rings. The average Bonchev–Trinajstić information content (AvgIpc) is 2.59. The van der Waals surface area contributed by atoms with Crippen LogP contribution in [-0.4, -0.2) is 29.8 Å². The highest BCUT2D eigenvalue weighted by atomic mass is 19.2. The first kappa shape index (κ1) is 19.5. The van der Waals surface area contributed by atoms with Crippen LogP contribution in [0.1, 0.15) is 18.9 Å². The van der Waals surface area contributed by atoms with Crippen LogP contribution < -0.4 is 5.32 Å². The fourth-order valence-electron chi connectivity index (χ4n) is 2.42. The van der Waals surface area contributed by atoms with Crippen LogP contribution in [0.4, 0.5) is 18.9 Å². The molecule has 0 aliphatic heterocycles. The molecule has 2 aromatic rings. The van der Waals surface area contributed by atoms with Gasteiger partial charge in [-0.05, 0) is 30.2 Å². The maximum absolute atomic E-state index is 13.6. The first-order valence-corrected chi connectivity index (χ1v) is 8.10. The number of rotatable bonds is 7. The summed E-state index contributed by atoms with van der Waals surface area (Å²) in [5.74, 6) is -3.07. The van der Waals surface area contributed by atoms with Crippen LogP contribution >= 0.6 is 0 Å². The van der Waals surface area contributed by atoms with E-state index in [0.717, 1.165) is 12.1 Å². The Labute approximate surface area is 149 Å². The lowest BCUT2D eigenvalue weighted by molar-refractivity contribution is -0.129. The van der Waals surface area contributed by atoms with Gasteiger partial charge in [0.25, 0.3) is 0 Å². The van der Waals surface area contributed by atoms with Crippen molar-refractivity contribution in [1.82, 2.24) is 4.90 Å².